The molecule has 238 valence electrons. The minimum Gasteiger partial charge on any atom is -0.464 e. The molecule has 0 saturated carbocycles. The smallest absolute Gasteiger partial charge is 0.339 e. The molecule has 1 aromatic heterocycles. The van der Waals surface area contributed by atoms with Crippen molar-refractivity contribution in [1.82, 2.24) is 5.32 Å². The Balaban J connectivity index is 1.67. The summed E-state index contributed by atoms with van der Waals surface area (Å²) in [5.74, 6) is -2.07. The van der Waals surface area contributed by atoms with Gasteiger partial charge in [0.05, 0.1) is 11.6 Å². The van der Waals surface area contributed by atoms with Crippen LogP contribution in [0.3, 0.4) is 0 Å². The SMILES string of the molecule is CC(=O)OCC(NC(=O)c1ccc(-c2ccsc2C(=O)Nc2ccc(C(=N)N)cc2)c(C(=O)OCc2ccccc2)c1)C(C)(C)C. The molecule has 4 rings (SSSR count). The zero-order chi connectivity index (χ0) is 33.4. The number of carbonyl (C=O) groups is 4. The van der Waals surface area contributed by atoms with Crippen LogP contribution in [0, 0.1) is 10.8 Å². The lowest BCUT2D eigenvalue weighted by Gasteiger charge is -2.31. The summed E-state index contributed by atoms with van der Waals surface area (Å²) in [4.78, 5) is 52.2. The number of benzene rings is 3. The van der Waals surface area contributed by atoms with Crippen molar-refractivity contribution < 1.29 is 28.7 Å². The van der Waals surface area contributed by atoms with Gasteiger partial charge in [-0.05, 0) is 64.4 Å². The molecule has 1 unspecified atom stereocenters. The van der Waals surface area contributed by atoms with Gasteiger partial charge in [0.15, 0.2) is 0 Å². The molecule has 0 aliphatic carbocycles. The molecule has 0 aliphatic heterocycles. The van der Waals surface area contributed by atoms with E-state index in [1.165, 1.54) is 24.3 Å². The van der Waals surface area contributed by atoms with Gasteiger partial charge in [-0.25, -0.2) is 4.79 Å². The summed E-state index contributed by atoms with van der Waals surface area (Å²) in [6, 6.07) is 21.6. The maximum absolute atomic E-state index is 13.6. The van der Waals surface area contributed by atoms with Crippen LogP contribution in [0.1, 0.15) is 69.2 Å². The Labute approximate surface area is 271 Å². The quantitative estimate of drug-likeness (QED) is 0.0886. The number of ether oxygens (including phenoxy) is 2. The highest BCUT2D eigenvalue weighted by molar-refractivity contribution is 7.12. The fourth-order valence-electron chi connectivity index (χ4n) is 4.46. The van der Waals surface area contributed by atoms with Crippen LogP contribution >= 0.6 is 11.3 Å². The number of hydrogen-bond donors (Lipinski definition) is 4. The second-order valence-electron chi connectivity index (χ2n) is 11.6. The van der Waals surface area contributed by atoms with Gasteiger partial charge in [-0.15, -0.1) is 11.3 Å². The normalized spacial score (nSPS) is 11.7. The number of rotatable bonds is 11. The van der Waals surface area contributed by atoms with Crippen molar-refractivity contribution in [2.75, 3.05) is 11.9 Å². The van der Waals surface area contributed by atoms with E-state index >= 15 is 0 Å². The third-order valence-electron chi connectivity index (χ3n) is 7.13. The van der Waals surface area contributed by atoms with Crippen LogP contribution in [0.15, 0.2) is 84.2 Å². The Morgan fingerprint density at radius 3 is 2.17 bits per heavy atom. The van der Waals surface area contributed by atoms with Crippen molar-refractivity contribution in [3.05, 3.63) is 111 Å². The molecule has 2 amide bonds. The number of thiophene rings is 1. The van der Waals surface area contributed by atoms with Crippen LogP contribution in [-0.4, -0.2) is 42.2 Å². The highest BCUT2D eigenvalue weighted by Crippen LogP contribution is 2.33. The highest BCUT2D eigenvalue weighted by atomic mass is 32.1. The molecular formula is C35H36N4O6S. The van der Waals surface area contributed by atoms with E-state index in [1.54, 1.807) is 47.8 Å². The molecule has 0 spiro atoms. The van der Waals surface area contributed by atoms with E-state index < -0.39 is 35.2 Å². The Bertz CT molecular complexity index is 1740. The number of nitrogen functional groups attached to an aromatic ring is 1. The number of carbonyl (C=O) groups excluding carboxylic acids is 4. The van der Waals surface area contributed by atoms with Gasteiger partial charge in [0.25, 0.3) is 11.8 Å². The summed E-state index contributed by atoms with van der Waals surface area (Å²) < 4.78 is 10.8. The van der Waals surface area contributed by atoms with E-state index in [4.69, 9.17) is 20.6 Å². The lowest BCUT2D eigenvalue weighted by molar-refractivity contribution is -0.142. The fraction of sp³-hybridized carbons (Fsp3) is 0.229. The first-order valence-electron chi connectivity index (χ1n) is 14.5. The van der Waals surface area contributed by atoms with E-state index in [2.05, 4.69) is 10.6 Å². The van der Waals surface area contributed by atoms with Crippen LogP contribution in [-0.2, 0) is 20.9 Å². The van der Waals surface area contributed by atoms with Crippen molar-refractivity contribution in [3.63, 3.8) is 0 Å². The Hall–Kier alpha value is -5.29. The predicted octanol–water partition coefficient (Wildman–Crippen LogP) is 6.02. The van der Waals surface area contributed by atoms with Gasteiger partial charge in [-0.2, -0.15) is 0 Å². The van der Waals surface area contributed by atoms with Crippen molar-refractivity contribution >= 4 is 46.6 Å². The molecule has 11 heteroatoms. The van der Waals surface area contributed by atoms with E-state index in [9.17, 15) is 19.2 Å². The number of nitrogens with one attached hydrogen (secondary N) is 3. The fourth-order valence-corrected chi connectivity index (χ4v) is 5.26. The Morgan fingerprint density at radius 1 is 0.870 bits per heavy atom. The Kier molecular flexibility index (Phi) is 10.7. The Morgan fingerprint density at radius 2 is 1.54 bits per heavy atom. The molecule has 4 aromatic rings. The number of nitrogens with two attached hydrogens (primary N) is 1. The van der Waals surface area contributed by atoms with Gasteiger partial charge in [0.1, 0.15) is 23.9 Å². The van der Waals surface area contributed by atoms with E-state index in [-0.39, 0.29) is 30.2 Å². The van der Waals surface area contributed by atoms with Crippen molar-refractivity contribution in [2.45, 2.75) is 40.3 Å². The standard InChI is InChI=1S/C35H36N4O6S/c1-21(40)44-20-29(35(2,3)4)39-32(41)24-12-15-26(28(18-24)34(43)45-19-22-8-6-5-7-9-22)27-16-17-46-30(27)33(42)38-25-13-10-23(11-14-25)31(36)37/h5-18,29H,19-20H2,1-4H3,(H3,36,37)(H,38,42)(H,39,41). The molecule has 0 radical (unpaired) electrons. The lowest BCUT2D eigenvalue weighted by Crippen LogP contribution is -2.47. The van der Waals surface area contributed by atoms with Crippen LogP contribution in [0.4, 0.5) is 5.69 Å². The minimum atomic E-state index is -0.668. The van der Waals surface area contributed by atoms with E-state index in [0.717, 1.165) is 5.56 Å². The van der Waals surface area contributed by atoms with Gasteiger partial charge >= 0.3 is 11.9 Å². The zero-order valence-electron chi connectivity index (χ0n) is 26.0. The monoisotopic (exact) mass is 640 g/mol. The minimum absolute atomic E-state index is 0.0112. The summed E-state index contributed by atoms with van der Waals surface area (Å²) in [6.07, 6.45) is 0. The largest absolute Gasteiger partial charge is 0.464 e. The number of anilines is 1. The van der Waals surface area contributed by atoms with E-state index in [1.807, 2.05) is 51.1 Å². The molecule has 10 nitrogen and oxygen atoms in total. The first-order chi connectivity index (χ1) is 21.8. The topological polar surface area (TPSA) is 161 Å². The molecule has 3 aromatic carbocycles. The molecule has 5 N–H and O–H groups in total. The molecule has 0 aliphatic rings. The van der Waals surface area contributed by atoms with Crippen LogP contribution < -0.4 is 16.4 Å². The summed E-state index contributed by atoms with van der Waals surface area (Å²) >= 11 is 1.20. The first-order valence-corrected chi connectivity index (χ1v) is 15.3. The second kappa shape index (κ2) is 14.7. The van der Waals surface area contributed by atoms with Gasteiger partial charge < -0.3 is 25.8 Å². The third-order valence-corrected chi connectivity index (χ3v) is 8.05. The van der Waals surface area contributed by atoms with E-state index in [0.29, 0.717) is 27.3 Å². The van der Waals surface area contributed by atoms with Gasteiger partial charge in [0.2, 0.25) is 0 Å². The van der Waals surface area contributed by atoms with Gasteiger partial charge in [0, 0.05) is 29.3 Å². The van der Waals surface area contributed by atoms with Crippen molar-refractivity contribution in [1.29, 1.82) is 5.41 Å². The maximum atomic E-state index is 13.6. The highest BCUT2D eigenvalue weighted by Gasteiger charge is 2.29. The molecule has 1 heterocycles. The molecule has 46 heavy (non-hydrogen) atoms. The summed E-state index contributed by atoms with van der Waals surface area (Å²) in [5, 5.41) is 15.1. The summed E-state index contributed by atoms with van der Waals surface area (Å²) in [6.45, 7) is 7.04. The van der Waals surface area contributed by atoms with Crippen LogP contribution in [0.5, 0.6) is 0 Å². The average Bonchev–Trinajstić information content (AvgIpc) is 3.52. The van der Waals surface area contributed by atoms with Crippen molar-refractivity contribution in [3.8, 4) is 11.1 Å². The second-order valence-corrected chi connectivity index (χ2v) is 12.5. The number of amidine groups is 1. The lowest BCUT2D eigenvalue weighted by atomic mass is 9.87. The van der Waals surface area contributed by atoms with Gasteiger partial charge in [-0.3, -0.25) is 19.8 Å². The molecule has 0 bridgehead atoms. The molecule has 1 atom stereocenters. The molecule has 0 saturated heterocycles. The molecular weight excluding hydrogens is 604 g/mol. The summed E-state index contributed by atoms with van der Waals surface area (Å²) in [7, 11) is 0. The zero-order valence-corrected chi connectivity index (χ0v) is 26.8. The maximum Gasteiger partial charge on any atom is 0.339 e. The van der Waals surface area contributed by atoms with Crippen LogP contribution in [0.2, 0.25) is 0 Å². The summed E-state index contributed by atoms with van der Waals surface area (Å²) in [5.41, 5.74) is 8.12. The first kappa shape index (κ1) is 33.6. The molecule has 0 fully saturated rings. The average molecular weight is 641 g/mol. The number of hydrogen-bond acceptors (Lipinski definition) is 8. The third kappa shape index (κ3) is 8.66. The van der Waals surface area contributed by atoms with Gasteiger partial charge in [-0.1, -0.05) is 57.2 Å². The number of amides is 2. The number of esters is 2. The van der Waals surface area contributed by atoms with Crippen LogP contribution in [0.25, 0.3) is 11.1 Å². The predicted molar refractivity (Wildman–Crippen MR) is 178 cm³/mol. The van der Waals surface area contributed by atoms with Crippen molar-refractivity contribution in [2.24, 2.45) is 11.1 Å².